The lowest BCUT2D eigenvalue weighted by Gasteiger charge is -2.12. The number of rotatable bonds is 4. The summed E-state index contributed by atoms with van der Waals surface area (Å²) in [6, 6.07) is 8.86. The summed E-state index contributed by atoms with van der Waals surface area (Å²) in [5, 5.41) is 28.4. The summed E-state index contributed by atoms with van der Waals surface area (Å²) in [5.74, 6) is -1.67. The first-order valence-electron chi connectivity index (χ1n) is 8.16. The van der Waals surface area contributed by atoms with Crippen LogP contribution in [0.5, 0.6) is 0 Å². The van der Waals surface area contributed by atoms with E-state index in [1.54, 1.807) is 19.1 Å². The first-order chi connectivity index (χ1) is 13.3. The maximum atomic E-state index is 12.7. The molecule has 0 saturated carbocycles. The largest absolute Gasteiger partial charge is 0.423 e. The quantitative estimate of drug-likeness (QED) is 0.669. The minimum absolute atomic E-state index is 0.166. The molecule has 3 aromatic rings. The molecule has 0 saturated heterocycles. The number of aliphatic hydroxyl groups is 1. The molecule has 1 aromatic heterocycles. The predicted octanol–water partition coefficient (Wildman–Crippen LogP) is 4.33. The van der Waals surface area contributed by atoms with Crippen molar-refractivity contribution in [2.75, 3.05) is 11.9 Å². The third kappa shape index (κ3) is 5.49. The average molecular weight is 407 g/mol. The summed E-state index contributed by atoms with van der Waals surface area (Å²) < 4.78 is 30.0. The molecule has 2 aromatic carbocycles. The van der Waals surface area contributed by atoms with E-state index < -0.39 is 17.7 Å². The minimum atomic E-state index is -0.935. The van der Waals surface area contributed by atoms with Gasteiger partial charge in [-0.1, -0.05) is 11.6 Å². The van der Waals surface area contributed by atoms with E-state index in [0.29, 0.717) is 22.7 Å². The summed E-state index contributed by atoms with van der Waals surface area (Å²) in [7, 11) is 0. The number of hydrogen-bond acceptors (Lipinski definition) is 6. The van der Waals surface area contributed by atoms with E-state index in [0.717, 1.165) is 29.8 Å². The Morgan fingerprint density at radius 1 is 1.29 bits per heavy atom. The van der Waals surface area contributed by atoms with E-state index in [4.69, 9.17) is 26.4 Å². The van der Waals surface area contributed by atoms with Crippen molar-refractivity contribution in [1.29, 1.82) is 5.26 Å². The fourth-order valence-corrected chi connectivity index (χ4v) is 2.36. The van der Waals surface area contributed by atoms with Crippen LogP contribution < -0.4 is 5.32 Å². The molecule has 0 bridgehead atoms. The molecule has 3 rings (SSSR count). The van der Waals surface area contributed by atoms with E-state index in [1.165, 1.54) is 6.07 Å². The Kier molecular flexibility index (Phi) is 7.44. The zero-order valence-electron chi connectivity index (χ0n) is 15.1. The third-order valence-electron chi connectivity index (χ3n) is 3.62. The number of nitrogens with one attached hydrogen (secondary N) is 1. The van der Waals surface area contributed by atoms with E-state index in [2.05, 4.69) is 15.5 Å². The molecule has 0 amide bonds. The Labute approximate surface area is 165 Å². The Bertz CT molecular complexity index is 973. The molecule has 28 heavy (non-hydrogen) atoms. The van der Waals surface area contributed by atoms with Crippen molar-refractivity contribution >= 4 is 17.3 Å². The molecule has 0 spiro atoms. The van der Waals surface area contributed by atoms with E-state index in [-0.39, 0.29) is 5.89 Å². The standard InChI is InChI=1S/C11H13ClN2O.C8H4F2N2O/c1-7(15)6-14-10-4-3-9(5-13)11(12)8(10)2;9-6-2-1-5(3-7(6)10)8-12-11-4-13-8/h3-4,7,14-15H,6H2,1-2H3;1-4H. The molecule has 1 atom stereocenters. The molecule has 0 aliphatic rings. The first kappa shape index (κ1) is 21.3. The Balaban J connectivity index is 0.000000202. The van der Waals surface area contributed by atoms with Gasteiger partial charge in [-0.15, -0.1) is 10.2 Å². The molecular weight excluding hydrogens is 390 g/mol. The number of benzene rings is 2. The Morgan fingerprint density at radius 3 is 2.61 bits per heavy atom. The van der Waals surface area contributed by atoms with Gasteiger partial charge in [0.15, 0.2) is 11.6 Å². The molecule has 0 aliphatic heterocycles. The summed E-state index contributed by atoms with van der Waals surface area (Å²) in [5.41, 5.74) is 2.50. The second-order valence-corrected chi connectivity index (χ2v) is 6.19. The lowest BCUT2D eigenvalue weighted by Crippen LogP contribution is -2.15. The summed E-state index contributed by atoms with van der Waals surface area (Å²) >= 11 is 5.99. The van der Waals surface area contributed by atoms with Crippen molar-refractivity contribution in [3.05, 3.63) is 64.5 Å². The molecule has 9 heteroatoms. The van der Waals surface area contributed by atoms with Crippen molar-refractivity contribution < 1.29 is 18.3 Å². The van der Waals surface area contributed by atoms with Gasteiger partial charge in [-0.2, -0.15) is 5.26 Å². The van der Waals surface area contributed by atoms with Gasteiger partial charge in [-0.25, -0.2) is 8.78 Å². The van der Waals surface area contributed by atoms with Crippen LogP contribution in [-0.4, -0.2) is 28.0 Å². The molecule has 0 fully saturated rings. The van der Waals surface area contributed by atoms with Crippen LogP contribution in [-0.2, 0) is 0 Å². The SMILES string of the molecule is Cc1c(NCC(C)O)ccc(C#N)c1Cl.Fc1ccc(-c2nnco2)cc1F. The van der Waals surface area contributed by atoms with E-state index in [1.807, 2.05) is 13.0 Å². The van der Waals surface area contributed by atoms with Gasteiger partial charge in [0.05, 0.1) is 16.7 Å². The topological polar surface area (TPSA) is 95.0 Å². The van der Waals surface area contributed by atoms with Crippen molar-refractivity contribution in [3.63, 3.8) is 0 Å². The molecule has 1 heterocycles. The average Bonchev–Trinajstić information content (AvgIpc) is 3.20. The van der Waals surface area contributed by atoms with Gasteiger partial charge < -0.3 is 14.8 Å². The van der Waals surface area contributed by atoms with Crippen LogP contribution in [0, 0.1) is 29.9 Å². The summed E-state index contributed by atoms with van der Waals surface area (Å²) in [6.45, 7) is 4.00. The molecule has 6 nitrogen and oxygen atoms in total. The highest BCUT2D eigenvalue weighted by atomic mass is 35.5. The maximum Gasteiger partial charge on any atom is 0.247 e. The molecular formula is C19H17ClF2N4O2. The predicted molar refractivity (Wildman–Crippen MR) is 101 cm³/mol. The summed E-state index contributed by atoms with van der Waals surface area (Å²) in [6.07, 6.45) is 0.704. The van der Waals surface area contributed by atoms with Crippen LogP contribution in [0.25, 0.3) is 11.5 Å². The zero-order valence-corrected chi connectivity index (χ0v) is 15.8. The second-order valence-electron chi connectivity index (χ2n) is 5.81. The van der Waals surface area contributed by atoms with Gasteiger partial charge in [0.2, 0.25) is 12.3 Å². The van der Waals surface area contributed by atoms with Crippen LogP contribution in [0.1, 0.15) is 18.1 Å². The normalized spacial score (nSPS) is 11.2. The molecule has 1 unspecified atom stereocenters. The number of nitriles is 1. The minimum Gasteiger partial charge on any atom is -0.423 e. The Morgan fingerprint density at radius 2 is 2.04 bits per heavy atom. The molecule has 146 valence electrons. The lowest BCUT2D eigenvalue weighted by atomic mass is 10.1. The van der Waals surface area contributed by atoms with Crippen LogP contribution in [0.4, 0.5) is 14.5 Å². The smallest absolute Gasteiger partial charge is 0.247 e. The van der Waals surface area contributed by atoms with Crippen molar-refractivity contribution in [2.45, 2.75) is 20.0 Å². The Hall–Kier alpha value is -3.02. The van der Waals surface area contributed by atoms with Gasteiger partial charge in [0, 0.05) is 17.8 Å². The lowest BCUT2D eigenvalue weighted by molar-refractivity contribution is 0.208. The number of nitrogens with zero attached hydrogens (tertiary/aromatic N) is 3. The van der Waals surface area contributed by atoms with Crippen LogP contribution >= 0.6 is 11.6 Å². The third-order valence-corrected chi connectivity index (χ3v) is 4.11. The highest BCUT2D eigenvalue weighted by molar-refractivity contribution is 6.32. The fourth-order valence-electron chi connectivity index (χ4n) is 2.15. The van der Waals surface area contributed by atoms with Gasteiger partial charge >= 0.3 is 0 Å². The van der Waals surface area contributed by atoms with Crippen LogP contribution in [0.15, 0.2) is 41.1 Å². The monoisotopic (exact) mass is 406 g/mol. The van der Waals surface area contributed by atoms with Crippen LogP contribution in [0.2, 0.25) is 5.02 Å². The number of halogens is 3. The highest BCUT2D eigenvalue weighted by Crippen LogP contribution is 2.26. The number of anilines is 1. The van der Waals surface area contributed by atoms with E-state index in [9.17, 15) is 8.78 Å². The second kappa shape index (κ2) is 9.78. The molecule has 2 N–H and O–H groups in total. The number of hydrogen-bond donors (Lipinski definition) is 2. The molecule has 0 aliphatic carbocycles. The first-order valence-corrected chi connectivity index (χ1v) is 8.54. The maximum absolute atomic E-state index is 12.7. The fraction of sp³-hybridized carbons (Fsp3) is 0.211. The van der Waals surface area contributed by atoms with Crippen molar-refractivity contribution in [3.8, 4) is 17.5 Å². The zero-order chi connectivity index (χ0) is 20.7. The number of aromatic nitrogens is 2. The van der Waals surface area contributed by atoms with Crippen LogP contribution in [0.3, 0.4) is 0 Å². The summed E-state index contributed by atoms with van der Waals surface area (Å²) in [4.78, 5) is 0. The molecule has 0 radical (unpaired) electrons. The van der Waals surface area contributed by atoms with Gasteiger partial charge in [-0.3, -0.25) is 0 Å². The van der Waals surface area contributed by atoms with E-state index >= 15 is 0 Å². The highest BCUT2D eigenvalue weighted by Gasteiger charge is 2.08. The van der Waals surface area contributed by atoms with Gasteiger partial charge in [0.25, 0.3) is 0 Å². The number of aliphatic hydroxyl groups excluding tert-OH is 1. The van der Waals surface area contributed by atoms with Crippen molar-refractivity contribution in [2.24, 2.45) is 0 Å². The van der Waals surface area contributed by atoms with Gasteiger partial charge in [-0.05, 0) is 49.7 Å². The van der Waals surface area contributed by atoms with Gasteiger partial charge in [0.1, 0.15) is 6.07 Å². The van der Waals surface area contributed by atoms with Crippen molar-refractivity contribution in [1.82, 2.24) is 10.2 Å².